The summed E-state index contributed by atoms with van der Waals surface area (Å²) in [5.41, 5.74) is 0. The van der Waals surface area contributed by atoms with Gasteiger partial charge in [0.1, 0.15) is 6.54 Å². The van der Waals surface area contributed by atoms with Gasteiger partial charge in [0.15, 0.2) is 0 Å². The SMILES string of the molecule is CN(CC(=O)OOC(=O)C(F)(F)F)C1CCOCC1. The number of hydrogen-bond acceptors (Lipinski definition) is 6. The lowest BCUT2D eigenvalue weighted by molar-refractivity contribution is -0.286. The number of carbonyl (C=O) groups excluding carboxylic acids is 2. The van der Waals surface area contributed by atoms with Crippen molar-refractivity contribution in [3.05, 3.63) is 0 Å². The van der Waals surface area contributed by atoms with Gasteiger partial charge in [0.05, 0.1) is 0 Å². The lowest BCUT2D eigenvalue weighted by Gasteiger charge is -2.29. The number of alkyl halides is 3. The van der Waals surface area contributed by atoms with E-state index in [4.69, 9.17) is 4.74 Å². The molecule has 19 heavy (non-hydrogen) atoms. The fourth-order valence-corrected chi connectivity index (χ4v) is 1.62. The molecular formula is C10H14F3NO5. The molecule has 6 nitrogen and oxygen atoms in total. The standard InChI is InChI=1S/C10H14F3NO5/c1-14(7-2-4-17-5-3-7)6-8(15)18-19-9(16)10(11,12)13/h7H,2-6H2,1H3. The second kappa shape index (κ2) is 6.71. The first-order chi connectivity index (χ1) is 8.80. The van der Waals surface area contributed by atoms with Crippen LogP contribution in [0.4, 0.5) is 13.2 Å². The summed E-state index contributed by atoms with van der Waals surface area (Å²) in [6, 6.07) is 0.0830. The molecule has 9 heteroatoms. The van der Waals surface area contributed by atoms with E-state index in [1.165, 1.54) is 0 Å². The maximum Gasteiger partial charge on any atom is 0.495 e. The van der Waals surface area contributed by atoms with Gasteiger partial charge in [-0.25, -0.2) is 19.4 Å². The summed E-state index contributed by atoms with van der Waals surface area (Å²) < 4.78 is 40.4. The van der Waals surface area contributed by atoms with Gasteiger partial charge in [-0.3, -0.25) is 4.90 Å². The number of rotatable bonds is 3. The van der Waals surface area contributed by atoms with E-state index in [1.54, 1.807) is 11.9 Å². The molecule has 0 atom stereocenters. The van der Waals surface area contributed by atoms with Crippen LogP contribution in [0.15, 0.2) is 0 Å². The number of likely N-dealkylation sites (N-methyl/N-ethyl adjacent to an activating group) is 1. The first kappa shape index (κ1) is 15.7. The smallest absolute Gasteiger partial charge is 0.381 e. The highest BCUT2D eigenvalue weighted by atomic mass is 19.4. The van der Waals surface area contributed by atoms with E-state index in [1.807, 2.05) is 0 Å². The average Bonchev–Trinajstić information content (AvgIpc) is 2.35. The van der Waals surface area contributed by atoms with Gasteiger partial charge < -0.3 is 4.74 Å². The quantitative estimate of drug-likeness (QED) is 0.560. The number of hydrogen-bond donors (Lipinski definition) is 0. The second-order valence-electron chi connectivity index (χ2n) is 4.08. The van der Waals surface area contributed by atoms with Gasteiger partial charge in [-0.15, -0.1) is 0 Å². The molecule has 110 valence electrons. The van der Waals surface area contributed by atoms with E-state index in [2.05, 4.69) is 9.78 Å². The third-order valence-electron chi connectivity index (χ3n) is 2.63. The van der Waals surface area contributed by atoms with Gasteiger partial charge in [-0.2, -0.15) is 13.2 Å². The molecule has 1 saturated heterocycles. The van der Waals surface area contributed by atoms with Crippen molar-refractivity contribution in [3.8, 4) is 0 Å². The Labute approximate surface area is 107 Å². The lowest BCUT2D eigenvalue weighted by atomic mass is 10.1. The Hall–Kier alpha value is -1.35. The Balaban J connectivity index is 2.28. The van der Waals surface area contributed by atoms with Gasteiger partial charge in [0.25, 0.3) is 0 Å². The molecule has 0 aromatic heterocycles. The van der Waals surface area contributed by atoms with E-state index in [0.717, 1.165) is 0 Å². The molecule has 1 fully saturated rings. The van der Waals surface area contributed by atoms with E-state index in [0.29, 0.717) is 26.1 Å². The molecular weight excluding hydrogens is 271 g/mol. The Morgan fingerprint density at radius 3 is 2.37 bits per heavy atom. The van der Waals surface area contributed by atoms with Crippen molar-refractivity contribution in [2.75, 3.05) is 26.8 Å². The fraction of sp³-hybridized carbons (Fsp3) is 0.800. The molecule has 1 rings (SSSR count). The minimum absolute atomic E-state index is 0.0830. The fourth-order valence-electron chi connectivity index (χ4n) is 1.62. The molecule has 1 heterocycles. The maximum absolute atomic E-state index is 11.8. The molecule has 0 bridgehead atoms. The van der Waals surface area contributed by atoms with Crippen LogP contribution in [0.2, 0.25) is 0 Å². The number of carbonyl (C=O) groups is 2. The van der Waals surface area contributed by atoms with E-state index < -0.39 is 18.1 Å². The third-order valence-corrected chi connectivity index (χ3v) is 2.63. The van der Waals surface area contributed by atoms with Crippen molar-refractivity contribution in [3.63, 3.8) is 0 Å². The van der Waals surface area contributed by atoms with Crippen molar-refractivity contribution >= 4 is 11.9 Å². The van der Waals surface area contributed by atoms with Crippen LogP contribution >= 0.6 is 0 Å². The molecule has 0 aromatic carbocycles. The van der Waals surface area contributed by atoms with Crippen LogP contribution in [0.3, 0.4) is 0 Å². The van der Waals surface area contributed by atoms with Gasteiger partial charge in [0, 0.05) is 19.3 Å². The van der Waals surface area contributed by atoms with Crippen LogP contribution in [-0.2, 0) is 24.1 Å². The van der Waals surface area contributed by atoms with E-state index >= 15 is 0 Å². The molecule has 1 aliphatic rings. The molecule has 0 amide bonds. The topological polar surface area (TPSA) is 65.1 Å². The van der Waals surface area contributed by atoms with Crippen LogP contribution in [-0.4, -0.2) is 55.9 Å². The number of halogens is 3. The zero-order valence-electron chi connectivity index (χ0n) is 10.2. The van der Waals surface area contributed by atoms with Gasteiger partial charge >= 0.3 is 18.1 Å². The summed E-state index contributed by atoms with van der Waals surface area (Å²) in [4.78, 5) is 30.3. The van der Waals surface area contributed by atoms with Crippen LogP contribution in [0, 0.1) is 0 Å². The summed E-state index contributed by atoms with van der Waals surface area (Å²) in [5, 5.41) is 0. The number of ether oxygens (including phenoxy) is 1. The first-order valence-corrected chi connectivity index (χ1v) is 5.57. The summed E-state index contributed by atoms with van der Waals surface area (Å²) in [7, 11) is 1.63. The highest BCUT2D eigenvalue weighted by Crippen LogP contribution is 2.17. The Kier molecular flexibility index (Phi) is 5.55. The van der Waals surface area contributed by atoms with Crippen LogP contribution in [0.1, 0.15) is 12.8 Å². The van der Waals surface area contributed by atoms with Gasteiger partial charge in [-0.05, 0) is 19.9 Å². The van der Waals surface area contributed by atoms with E-state index in [9.17, 15) is 22.8 Å². The van der Waals surface area contributed by atoms with Crippen molar-refractivity contribution in [2.24, 2.45) is 0 Å². The van der Waals surface area contributed by atoms with Crippen LogP contribution in [0.5, 0.6) is 0 Å². The first-order valence-electron chi connectivity index (χ1n) is 5.57. The normalized spacial score (nSPS) is 17.3. The van der Waals surface area contributed by atoms with E-state index in [-0.39, 0.29) is 12.6 Å². The van der Waals surface area contributed by atoms with Crippen molar-refractivity contribution < 1.29 is 37.3 Å². The monoisotopic (exact) mass is 285 g/mol. The molecule has 0 aromatic rings. The molecule has 0 radical (unpaired) electrons. The molecule has 1 aliphatic heterocycles. The predicted octanol–water partition coefficient (Wildman–Crippen LogP) is 0.661. The summed E-state index contributed by atoms with van der Waals surface area (Å²) >= 11 is 0. The second-order valence-corrected chi connectivity index (χ2v) is 4.08. The minimum Gasteiger partial charge on any atom is -0.381 e. The highest BCUT2D eigenvalue weighted by molar-refractivity contribution is 5.77. The molecule has 0 unspecified atom stereocenters. The average molecular weight is 285 g/mol. The Morgan fingerprint density at radius 2 is 1.84 bits per heavy atom. The lowest BCUT2D eigenvalue weighted by Crippen LogP contribution is -2.40. The van der Waals surface area contributed by atoms with Crippen LogP contribution in [0.25, 0.3) is 0 Å². The Bertz CT molecular complexity index is 328. The van der Waals surface area contributed by atoms with Crippen molar-refractivity contribution in [2.45, 2.75) is 25.1 Å². The third kappa shape index (κ3) is 5.43. The van der Waals surface area contributed by atoms with Crippen LogP contribution < -0.4 is 0 Å². The molecule has 0 saturated carbocycles. The molecule has 0 spiro atoms. The molecule has 0 aliphatic carbocycles. The van der Waals surface area contributed by atoms with Gasteiger partial charge in [0.2, 0.25) is 0 Å². The Morgan fingerprint density at radius 1 is 1.26 bits per heavy atom. The predicted molar refractivity (Wildman–Crippen MR) is 54.7 cm³/mol. The number of nitrogens with zero attached hydrogens (tertiary/aromatic N) is 1. The zero-order chi connectivity index (χ0) is 14.5. The summed E-state index contributed by atoms with van der Waals surface area (Å²) in [6.45, 7) is 0.857. The summed E-state index contributed by atoms with van der Waals surface area (Å²) in [5.74, 6) is -3.62. The highest BCUT2D eigenvalue weighted by Gasteiger charge is 2.43. The molecule has 0 N–H and O–H groups in total. The summed E-state index contributed by atoms with van der Waals surface area (Å²) in [6.07, 6.45) is -3.76. The van der Waals surface area contributed by atoms with Gasteiger partial charge in [-0.1, -0.05) is 0 Å². The minimum atomic E-state index is -5.19. The zero-order valence-corrected chi connectivity index (χ0v) is 10.2. The largest absolute Gasteiger partial charge is 0.495 e. The van der Waals surface area contributed by atoms with Crippen molar-refractivity contribution in [1.82, 2.24) is 4.90 Å². The van der Waals surface area contributed by atoms with Crippen molar-refractivity contribution in [1.29, 1.82) is 0 Å². The maximum atomic E-state index is 11.8.